The maximum atomic E-state index is 13.8. The van der Waals surface area contributed by atoms with E-state index in [1.807, 2.05) is 0 Å². The Morgan fingerprint density at radius 3 is 2.31 bits per heavy atom. The zero-order chi connectivity index (χ0) is 23.5. The second kappa shape index (κ2) is 9.11. The lowest BCUT2D eigenvalue weighted by atomic mass is 10.1. The van der Waals surface area contributed by atoms with E-state index in [2.05, 4.69) is 4.98 Å². The number of halogens is 5. The molecule has 3 rings (SSSR count). The molecular formula is C21H17F5N2O3S. The molecule has 0 N–H and O–H groups in total. The zero-order valence-electron chi connectivity index (χ0n) is 16.6. The maximum absolute atomic E-state index is 13.8. The minimum atomic E-state index is -4.95. The van der Waals surface area contributed by atoms with Crippen LogP contribution in [0.1, 0.15) is 18.5 Å². The van der Waals surface area contributed by atoms with Gasteiger partial charge in [-0.15, -0.1) is 0 Å². The summed E-state index contributed by atoms with van der Waals surface area (Å²) in [6, 6.07) is 9.78. The lowest BCUT2D eigenvalue weighted by Crippen LogP contribution is -2.39. The van der Waals surface area contributed by atoms with Gasteiger partial charge in [0.2, 0.25) is 10.0 Å². The van der Waals surface area contributed by atoms with Crippen molar-refractivity contribution < 1.29 is 35.1 Å². The summed E-state index contributed by atoms with van der Waals surface area (Å²) in [6.45, 7) is 1.43. The van der Waals surface area contributed by atoms with Crippen LogP contribution in [0.15, 0.2) is 67.0 Å². The number of anilines is 1. The van der Waals surface area contributed by atoms with Gasteiger partial charge in [0.05, 0.1) is 11.7 Å². The lowest BCUT2D eigenvalue weighted by molar-refractivity contribution is -0.106. The lowest BCUT2D eigenvalue weighted by Gasteiger charge is -2.31. The van der Waals surface area contributed by atoms with Crippen LogP contribution in [0, 0.1) is 11.6 Å². The highest BCUT2D eigenvalue weighted by molar-refractivity contribution is 7.92. The number of pyridine rings is 1. The third-order valence-corrected chi connectivity index (χ3v) is 6.20. The summed E-state index contributed by atoms with van der Waals surface area (Å²) in [5.41, 5.74) is 0.324. The van der Waals surface area contributed by atoms with Crippen molar-refractivity contribution in [3.8, 4) is 11.5 Å². The summed E-state index contributed by atoms with van der Waals surface area (Å²) in [6.07, 6.45) is -2.14. The number of rotatable bonds is 7. The molecule has 170 valence electrons. The van der Waals surface area contributed by atoms with E-state index in [4.69, 9.17) is 4.74 Å². The summed E-state index contributed by atoms with van der Waals surface area (Å²) < 4.78 is 97.0. The Balaban J connectivity index is 1.95. The van der Waals surface area contributed by atoms with Gasteiger partial charge < -0.3 is 4.74 Å². The quantitative estimate of drug-likeness (QED) is 0.420. The van der Waals surface area contributed by atoms with Gasteiger partial charge in [-0.1, -0.05) is 6.07 Å². The molecule has 0 saturated heterocycles. The van der Waals surface area contributed by atoms with Crippen LogP contribution in [0.5, 0.6) is 11.5 Å². The van der Waals surface area contributed by atoms with Crippen molar-refractivity contribution in [2.75, 3.05) is 10.1 Å². The van der Waals surface area contributed by atoms with Crippen LogP contribution in [-0.4, -0.2) is 25.3 Å². The Labute approximate surface area is 181 Å². The van der Waals surface area contributed by atoms with E-state index in [1.165, 1.54) is 49.6 Å². The van der Waals surface area contributed by atoms with E-state index < -0.39 is 39.6 Å². The smallest absolute Gasteiger partial charge is 0.404 e. The second-order valence-corrected chi connectivity index (χ2v) is 8.65. The molecule has 0 aliphatic rings. The molecule has 0 saturated carbocycles. The molecule has 5 nitrogen and oxygen atoms in total. The molecule has 2 aromatic carbocycles. The highest BCUT2D eigenvalue weighted by Gasteiger charge is 2.40. The molecular weight excluding hydrogens is 455 g/mol. The number of sulfonamides is 1. The molecule has 1 heterocycles. The molecule has 11 heteroatoms. The molecule has 0 radical (unpaired) electrons. The second-order valence-electron chi connectivity index (χ2n) is 6.80. The Bertz CT molecular complexity index is 1170. The van der Waals surface area contributed by atoms with Crippen molar-refractivity contribution in [2.45, 2.75) is 19.1 Å². The van der Waals surface area contributed by atoms with Gasteiger partial charge in [0.15, 0.2) is 17.3 Å². The van der Waals surface area contributed by atoms with Crippen LogP contribution < -0.4 is 9.04 Å². The van der Waals surface area contributed by atoms with E-state index in [-0.39, 0.29) is 17.2 Å². The third kappa shape index (κ3) is 5.72. The van der Waals surface area contributed by atoms with Crippen LogP contribution in [0.4, 0.5) is 27.6 Å². The number of nitrogens with zero attached hydrogens (tertiary/aromatic N) is 2. The Morgan fingerprint density at radius 1 is 1.06 bits per heavy atom. The molecule has 1 unspecified atom stereocenters. The van der Waals surface area contributed by atoms with Crippen molar-refractivity contribution in [2.24, 2.45) is 0 Å². The standard InChI is InChI=1S/C21H17F5N2O3S/c1-14(15-3-2-10-27-12-15)28(32(29,30)13-21(24,25)26)17-5-7-18(8-6-17)31-20-9-4-16(22)11-19(20)23/h2-12,14H,13H2,1H3. The van der Waals surface area contributed by atoms with E-state index in [9.17, 15) is 30.4 Å². The molecule has 0 amide bonds. The van der Waals surface area contributed by atoms with E-state index in [0.717, 1.165) is 12.1 Å². The van der Waals surface area contributed by atoms with Crippen LogP contribution in [-0.2, 0) is 10.0 Å². The molecule has 3 aromatic rings. The number of alkyl halides is 3. The Hall–Kier alpha value is -3.21. The summed E-state index contributed by atoms with van der Waals surface area (Å²) in [4.78, 5) is 3.89. The number of benzene rings is 2. The van der Waals surface area contributed by atoms with Gasteiger partial charge in [0.25, 0.3) is 0 Å². The fourth-order valence-corrected chi connectivity index (χ4v) is 4.61. The fourth-order valence-electron chi connectivity index (χ4n) is 3.01. The highest BCUT2D eigenvalue weighted by Crippen LogP contribution is 2.34. The minimum absolute atomic E-state index is 0.0578. The van der Waals surface area contributed by atoms with E-state index >= 15 is 0 Å². The maximum Gasteiger partial charge on any atom is 0.404 e. The SMILES string of the molecule is CC(c1cccnc1)N(c1ccc(Oc2ccc(F)cc2F)cc1)S(=O)(=O)CC(F)(F)F. The monoisotopic (exact) mass is 472 g/mol. The summed E-state index contributed by atoms with van der Waals surface area (Å²) in [5, 5.41) is 0. The van der Waals surface area contributed by atoms with E-state index in [0.29, 0.717) is 15.9 Å². The predicted molar refractivity (Wildman–Crippen MR) is 108 cm³/mol. The Kier molecular flexibility index (Phi) is 6.68. The van der Waals surface area contributed by atoms with Crippen LogP contribution in [0.25, 0.3) is 0 Å². The first kappa shape index (κ1) is 23.5. The number of hydrogen-bond donors (Lipinski definition) is 0. The van der Waals surface area contributed by atoms with Crippen molar-refractivity contribution in [1.82, 2.24) is 4.98 Å². The summed E-state index contributed by atoms with van der Waals surface area (Å²) in [7, 11) is -4.83. The van der Waals surface area contributed by atoms with Crippen molar-refractivity contribution in [1.29, 1.82) is 0 Å². The van der Waals surface area contributed by atoms with Crippen LogP contribution in [0.2, 0.25) is 0 Å². The largest absolute Gasteiger partial charge is 0.454 e. The Morgan fingerprint density at radius 2 is 1.75 bits per heavy atom. The molecule has 32 heavy (non-hydrogen) atoms. The summed E-state index contributed by atoms with van der Waals surface area (Å²) in [5.74, 6) is -4.00. The third-order valence-electron chi connectivity index (χ3n) is 4.38. The molecule has 0 bridgehead atoms. The molecule has 0 spiro atoms. The average molecular weight is 472 g/mol. The van der Waals surface area contributed by atoms with E-state index in [1.54, 1.807) is 6.07 Å². The van der Waals surface area contributed by atoms with Gasteiger partial charge in [-0.2, -0.15) is 13.2 Å². The average Bonchev–Trinajstić information content (AvgIpc) is 2.70. The molecule has 1 atom stereocenters. The molecule has 0 fully saturated rings. The fraction of sp³-hybridized carbons (Fsp3) is 0.190. The molecule has 0 aliphatic carbocycles. The van der Waals surface area contributed by atoms with Gasteiger partial charge >= 0.3 is 6.18 Å². The first-order valence-electron chi connectivity index (χ1n) is 9.18. The first-order valence-corrected chi connectivity index (χ1v) is 10.8. The first-order chi connectivity index (χ1) is 15.0. The predicted octanol–water partition coefficient (Wildman–Crippen LogP) is 5.61. The zero-order valence-corrected chi connectivity index (χ0v) is 17.4. The van der Waals surface area contributed by atoms with Gasteiger partial charge in [0, 0.05) is 18.5 Å². The molecule has 0 aliphatic heterocycles. The highest BCUT2D eigenvalue weighted by atomic mass is 32.2. The normalized spacial score (nSPS) is 12.9. The van der Waals surface area contributed by atoms with Crippen molar-refractivity contribution in [3.05, 3.63) is 84.2 Å². The van der Waals surface area contributed by atoms with Crippen molar-refractivity contribution >= 4 is 15.7 Å². The van der Waals surface area contributed by atoms with Gasteiger partial charge in [-0.25, -0.2) is 17.2 Å². The van der Waals surface area contributed by atoms with Gasteiger partial charge in [-0.05, 0) is 55.0 Å². The number of hydrogen-bond acceptors (Lipinski definition) is 4. The van der Waals surface area contributed by atoms with Gasteiger partial charge in [0.1, 0.15) is 11.6 Å². The van der Waals surface area contributed by atoms with Crippen molar-refractivity contribution in [3.63, 3.8) is 0 Å². The number of aromatic nitrogens is 1. The van der Waals surface area contributed by atoms with Gasteiger partial charge in [-0.3, -0.25) is 9.29 Å². The summed E-state index contributed by atoms with van der Waals surface area (Å²) >= 11 is 0. The number of ether oxygens (including phenoxy) is 1. The van der Waals surface area contributed by atoms with Crippen LogP contribution in [0.3, 0.4) is 0 Å². The minimum Gasteiger partial charge on any atom is -0.454 e. The van der Waals surface area contributed by atoms with Crippen LogP contribution >= 0.6 is 0 Å². The molecule has 1 aromatic heterocycles. The topological polar surface area (TPSA) is 59.5 Å².